The number of halogens is 1. The summed E-state index contributed by atoms with van der Waals surface area (Å²) in [5, 5.41) is 0.203. The summed E-state index contributed by atoms with van der Waals surface area (Å²) in [5.41, 5.74) is 3.67. The minimum atomic E-state index is -0.186. The minimum absolute atomic E-state index is 0.186. The molecule has 0 amide bonds. The number of hydrogen-bond donors (Lipinski definition) is 0. The first-order valence-electron chi connectivity index (χ1n) is 6.71. The van der Waals surface area contributed by atoms with Crippen LogP contribution >= 0.6 is 11.6 Å². The second-order valence-corrected chi connectivity index (χ2v) is 6.22. The number of hydrogen-bond acceptors (Lipinski definition) is 4. The molecule has 3 rings (SSSR count). The molecule has 4 nitrogen and oxygen atoms in total. The zero-order chi connectivity index (χ0) is 15.0. The molecule has 0 fully saturated rings. The average molecular weight is 299 g/mol. The van der Waals surface area contributed by atoms with Gasteiger partial charge < -0.3 is 0 Å². The molecule has 21 heavy (non-hydrogen) atoms. The Morgan fingerprint density at radius 1 is 0.952 bits per heavy atom. The number of rotatable bonds is 1. The van der Waals surface area contributed by atoms with Crippen molar-refractivity contribution >= 4 is 22.8 Å². The van der Waals surface area contributed by atoms with Crippen LogP contribution in [0.5, 0.6) is 0 Å². The Balaban J connectivity index is 2.28. The van der Waals surface area contributed by atoms with Crippen molar-refractivity contribution in [1.29, 1.82) is 0 Å². The number of benzene rings is 1. The second kappa shape index (κ2) is 5.04. The Morgan fingerprint density at radius 3 is 2.33 bits per heavy atom. The Morgan fingerprint density at radius 2 is 1.67 bits per heavy atom. The van der Waals surface area contributed by atoms with Gasteiger partial charge in [0.25, 0.3) is 0 Å². The molecule has 0 bridgehead atoms. The van der Waals surface area contributed by atoms with Crippen LogP contribution in [0, 0.1) is 0 Å². The van der Waals surface area contributed by atoms with Gasteiger partial charge in [-0.15, -0.1) is 0 Å². The van der Waals surface area contributed by atoms with E-state index in [0.29, 0.717) is 11.2 Å². The summed E-state index contributed by atoms with van der Waals surface area (Å²) in [4.78, 5) is 17.6. The summed E-state index contributed by atoms with van der Waals surface area (Å²) in [6, 6.07) is 9.93. The van der Waals surface area contributed by atoms with E-state index in [4.69, 9.17) is 16.6 Å². The topological polar surface area (TPSA) is 51.6 Å². The van der Waals surface area contributed by atoms with Gasteiger partial charge in [-0.05, 0) is 11.6 Å². The molecule has 0 aliphatic carbocycles. The molecule has 1 aromatic carbocycles. The molecule has 0 atom stereocenters. The van der Waals surface area contributed by atoms with Gasteiger partial charge in [0.2, 0.25) is 5.28 Å². The van der Waals surface area contributed by atoms with Gasteiger partial charge >= 0.3 is 0 Å². The molecule has 5 heteroatoms. The van der Waals surface area contributed by atoms with Gasteiger partial charge in [-0.25, -0.2) is 15.0 Å². The highest BCUT2D eigenvalue weighted by molar-refractivity contribution is 6.28. The fourth-order valence-electron chi connectivity index (χ4n) is 2.15. The van der Waals surface area contributed by atoms with Crippen molar-refractivity contribution in [3.8, 4) is 11.3 Å². The lowest BCUT2D eigenvalue weighted by molar-refractivity contribution is 0.572. The number of nitrogens with zero attached hydrogens (tertiary/aromatic N) is 4. The van der Waals surface area contributed by atoms with Gasteiger partial charge in [-0.3, -0.25) is 0 Å². The van der Waals surface area contributed by atoms with E-state index < -0.39 is 0 Å². The van der Waals surface area contributed by atoms with Gasteiger partial charge in [0.1, 0.15) is 5.52 Å². The van der Waals surface area contributed by atoms with Crippen LogP contribution in [0.25, 0.3) is 22.4 Å². The van der Waals surface area contributed by atoms with E-state index in [1.807, 2.05) is 30.3 Å². The van der Waals surface area contributed by atoms with Crippen LogP contribution in [0.4, 0.5) is 0 Å². The van der Waals surface area contributed by atoms with Gasteiger partial charge in [0.05, 0.1) is 17.6 Å². The van der Waals surface area contributed by atoms with E-state index in [2.05, 4.69) is 35.7 Å². The molecule has 0 spiro atoms. The van der Waals surface area contributed by atoms with Crippen LogP contribution in [-0.2, 0) is 5.41 Å². The normalized spacial score (nSPS) is 11.8. The highest BCUT2D eigenvalue weighted by Crippen LogP contribution is 2.28. The molecule has 0 saturated heterocycles. The molecule has 0 aliphatic heterocycles. The second-order valence-electron chi connectivity index (χ2n) is 5.88. The largest absolute Gasteiger partial charge is 0.241 e. The van der Waals surface area contributed by atoms with Crippen molar-refractivity contribution in [3.05, 3.63) is 47.5 Å². The van der Waals surface area contributed by atoms with Gasteiger partial charge in [-0.1, -0.05) is 51.1 Å². The van der Waals surface area contributed by atoms with Crippen molar-refractivity contribution < 1.29 is 0 Å². The van der Waals surface area contributed by atoms with E-state index in [9.17, 15) is 0 Å². The van der Waals surface area contributed by atoms with Gasteiger partial charge in [0.15, 0.2) is 5.65 Å². The fourth-order valence-corrected chi connectivity index (χ4v) is 2.32. The highest BCUT2D eigenvalue weighted by Gasteiger charge is 2.22. The lowest BCUT2D eigenvalue weighted by Gasteiger charge is -2.19. The molecular weight excluding hydrogens is 284 g/mol. The van der Waals surface area contributed by atoms with E-state index in [0.717, 1.165) is 17.0 Å². The Bertz CT molecular complexity index is 794. The van der Waals surface area contributed by atoms with Crippen LogP contribution in [0.3, 0.4) is 0 Å². The van der Waals surface area contributed by atoms with Crippen molar-refractivity contribution in [3.63, 3.8) is 0 Å². The molecule has 0 radical (unpaired) electrons. The zero-order valence-corrected chi connectivity index (χ0v) is 12.9. The first-order valence-corrected chi connectivity index (χ1v) is 7.09. The maximum Gasteiger partial charge on any atom is 0.224 e. The van der Waals surface area contributed by atoms with Crippen molar-refractivity contribution in [2.75, 3.05) is 0 Å². The third kappa shape index (κ3) is 2.72. The molecule has 0 unspecified atom stereocenters. The quantitative estimate of drug-likeness (QED) is 0.636. The standard InChI is InChI=1S/C16H15ClN4/c1-16(2,3)13-12-14(21-15(17)20-13)18-9-11(19-12)10-7-5-4-6-8-10/h4-9H,1-3H3. The summed E-state index contributed by atoms with van der Waals surface area (Å²) in [6.45, 7) is 6.21. The Hall–Kier alpha value is -2.07. The summed E-state index contributed by atoms with van der Waals surface area (Å²) in [6.07, 6.45) is 1.72. The lowest BCUT2D eigenvalue weighted by Crippen LogP contribution is -2.16. The van der Waals surface area contributed by atoms with Crippen LogP contribution in [0.1, 0.15) is 26.5 Å². The SMILES string of the molecule is CC(C)(C)c1nc(Cl)nc2ncc(-c3ccccc3)nc12. The highest BCUT2D eigenvalue weighted by atomic mass is 35.5. The van der Waals surface area contributed by atoms with Crippen LogP contribution in [-0.4, -0.2) is 19.9 Å². The van der Waals surface area contributed by atoms with Crippen molar-refractivity contribution in [2.24, 2.45) is 0 Å². The van der Waals surface area contributed by atoms with E-state index in [1.165, 1.54) is 0 Å². The first-order chi connectivity index (χ1) is 9.95. The first kappa shape index (κ1) is 13.9. The molecule has 0 aliphatic rings. The van der Waals surface area contributed by atoms with Gasteiger partial charge in [0, 0.05) is 11.0 Å². The third-order valence-electron chi connectivity index (χ3n) is 3.16. The maximum absolute atomic E-state index is 6.00. The lowest BCUT2D eigenvalue weighted by atomic mass is 9.91. The smallest absolute Gasteiger partial charge is 0.224 e. The predicted molar refractivity (Wildman–Crippen MR) is 84.3 cm³/mol. The van der Waals surface area contributed by atoms with Crippen molar-refractivity contribution in [1.82, 2.24) is 19.9 Å². The molecule has 2 aromatic heterocycles. The molecule has 0 N–H and O–H groups in total. The fraction of sp³-hybridized carbons (Fsp3) is 0.250. The van der Waals surface area contributed by atoms with Crippen LogP contribution < -0.4 is 0 Å². The summed E-state index contributed by atoms with van der Waals surface area (Å²) in [5.74, 6) is 0. The Kier molecular flexibility index (Phi) is 3.33. The summed E-state index contributed by atoms with van der Waals surface area (Å²) < 4.78 is 0. The summed E-state index contributed by atoms with van der Waals surface area (Å²) in [7, 11) is 0. The zero-order valence-electron chi connectivity index (χ0n) is 12.1. The predicted octanol–water partition coefficient (Wildman–Crippen LogP) is 4.04. The molecule has 3 aromatic rings. The van der Waals surface area contributed by atoms with Gasteiger partial charge in [-0.2, -0.15) is 4.98 Å². The summed E-state index contributed by atoms with van der Waals surface area (Å²) >= 11 is 6.00. The monoisotopic (exact) mass is 298 g/mol. The van der Waals surface area contributed by atoms with Crippen molar-refractivity contribution in [2.45, 2.75) is 26.2 Å². The third-order valence-corrected chi connectivity index (χ3v) is 3.33. The van der Waals surface area contributed by atoms with Crippen LogP contribution in [0.2, 0.25) is 5.28 Å². The average Bonchev–Trinajstić information content (AvgIpc) is 2.46. The van der Waals surface area contributed by atoms with E-state index >= 15 is 0 Å². The molecule has 2 heterocycles. The maximum atomic E-state index is 6.00. The Labute approximate surface area is 128 Å². The number of aromatic nitrogens is 4. The molecule has 106 valence electrons. The van der Waals surface area contributed by atoms with E-state index in [1.54, 1.807) is 6.20 Å². The molecule has 0 saturated carbocycles. The van der Waals surface area contributed by atoms with E-state index in [-0.39, 0.29) is 10.7 Å². The minimum Gasteiger partial charge on any atom is -0.241 e. The van der Waals surface area contributed by atoms with Crippen LogP contribution in [0.15, 0.2) is 36.5 Å². The molecular formula is C16H15ClN4. The number of fused-ring (bicyclic) bond motifs is 1.